The van der Waals surface area contributed by atoms with E-state index in [1.807, 2.05) is 0 Å². The van der Waals surface area contributed by atoms with Gasteiger partial charge in [0.25, 0.3) is 5.69 Å². The van der Waals surface area contributed by atoms with Gasteiger partial charge in [0.2, 0.25) is 5.91 Å². The monoisotopic (exact) mass is 477 g/mol. The average molecular weight is 477 g/mol. The summed E-state index contributed by atoms with van der Waals surface area (Å²) in [6.07, 6.45) is 1.59. The van der Waals surface area contributed by atoms with Crippen molar-refractivity contribution in [1.82, 2.24) is 15.2 Å². The van der Waals surface area contributed by atoms with E-state index < -0.39 is 23.0 Å². The molecular weight excluding hydrogens is 454 g/mol. The molecule has 0 aliphatic carbocycles. The molecule has 4 rings (SSSR count). The Hall–Kier alpha value is -4.67. The molecule has 2 heterocycles. The number of non-ortho nitro benzene ring substituents is 1. The second-order valence-electron chi connectivity index (χ2n) is 7.82. The number of aromatic nitrogens is 1. The van der Waals surface area contributed by atoms with Crippen LogP contribution >= 0.6 is 0 Å². The number of rotatable bonds is 7. The first-order valence-electron chi connectivity index (χ1n) is 10.9. The van der Waals surface area contributed by atoms with Gasteiger partial charge < -0.3 is 20.7 Å². The Balaban J connectivity index is 1.69. The molecule has 1 aliphatic heterocycles. The Morgan fingerprint density at radius 3 is 2.71 bits per heavy atom. The number of hydrogen-bond donors (Lipinski definition) is 3. The van der Waals surface area contributed by atoms with Crippen LogP contribution in [0.5, 0.6) is 0 Å². The molecular formula is C24H23N5O6. The number of amides is 2. The van der Waals surface area contributed by atoms with E-state index in [1.165, 1.54) is 22.8 Å². The van der Waals surface area contributed by atoms with Gasteiger partial charge in [0.1, 0.15) is 0 Å². The lowest BCUT2D eigenvalue weighted by atomic mass is 9.95. The molecule has 1 atom stereocenters. The van der Waals surface area contributed by atoms with Crippen molar-refractivity contribution in [2.75, 3.05) is 18.5 Å². The number of nitro benzene ring substituents is 1. The van der Waals surface area contributed by atoms with E-state index in [9.17, 15) is 24.5 Å². The van der Waals surface area contributed by atoms with E-state index in [1.54, 1.807) is 50.4 Å². The molecule has 0 fully saturated rings. The predicted molar refractivity (Wildman–Crippen MR) is 128 cm³/mol. The summed E-state index contributed by atoms with van der Waals surface area (Å²) in [5.41, 5.74) is 2.09. The number of anilines is 1. The van der Waals surface area contributed by atoms with Crippen molar-refractivity contribution in [3.63, 3.8) is 0 Å². The summed E-state index contributed by atoms with van der Waals surface area (Å²) in [6, 6.07) is 11.7. The maximum absolute atomic E-state index is 13.2. The third kappa shape index (κ3) is 4.69. The van der Waals surface area contributed by atoms with E-state index in [2.05, 4.69) is 16.0 Å². The molecule has 0 saturated carbocycles. The van der Waals surface area contributed by atoms with Crippen molar-refractivity contribution in [3.05, 3.63) is 81.7 Å². The van der Waals surface area contributed by atoms with Crippen LogP contribution in [0, 0.1) is 10.1 Å². The number of urea groups is 1. The van der Waals surface area contributed by atoms with Gasteiger partial charge in [-0.3, -0.25) is 19.5 Å². The van der Waals surface area contributed by atoms with Crippen LogP contribution in [0.3, 0.4) is 0 Å². The van der Waals surface area contributed by atoms with E-state index in [0.717, 1.165) is 0 Å². The van der Waals surface area contributed by atoms with Gasteiger partial charge in [-0.1, -0.05) is 24.3 Å². The van der Waals surface area contributed by atoms with E-state index >= 15 is 0 Å². The highest BCUT2D eigenvalue weighted by molar-refractivity contribution is 6.00. The number of para-hydroxylation sites is 1. The summed E-state index contributed by atoms with van der Waals surface area (Å²) in [7, 11) is 0. The van der Waals surface area contributed by atoms with Gasteiger partial charge in [0, 0.05) is 40.7 Å². The number of benzene rings is 2. The van der Waals surface area contributed by atoms with Crippen LogP contribution in [-0.4, -0.2) is 40.5 Å². The highest BCUT2D eigenvalue weighted by Gasteiger charge is 2.34. The third-order valence-electron chi connectivity index (χ3n) is 5.59. The zero-order valence-corrected chi connectivity index (χ0v) is 19.0. The Labute approximate surface area is 199 Å². The Morgan fingerprint density at radius 1 is 1.20 bits per heavy atom. The first-order valence-corrected chi connectivity index (χ1v) is 10.9. The average Bonchev–Trinajstić information content (AvgIpc) is 3.22. The molecule has 2 aromatic carbocycles. The molecule has 0 spiro atoms. The molecule has 3 N–H and O–H groups in total. The summed E-state index contributed by atoms with van der Waals surface area (Å²) in [5.74, 6) is -0.907. The number of fused-ring (bicyclic) bond motifs is 1. The van der Waals surface area contributed by atoms with E-state index in [0.29, 0.717) is 27.9 Å². The van der Waals surface area contributed by atoms with Gasteiger partial charge in [-0.2, -0.15) is 0 Å². The van der Waals surface area contributed by atoms with Gasteiger partial charge in [0.05, 0.1) is 35.2 Å². The SMILES string of the molecule is CCOC(=O)C1=C(C)NC(=O)NC1c1cn(C(=O)CNc2cccc([N+](=O)[O-])c2)c2ccccc12. The second-order valence-corrected chi connectivity index (χ2v) is 7.82. The molecule has 11 heteroatoms. The van der Waals surface area contributed by atoms with E-state index in [4.69, 9.17) is 4.74 Å². The maximum atomic E-state index is 13.2. The summed E-state index contributed by atoms with van der Waals surface area (Å²) in [4.78, 5) is 48.6. The zero-order valence-electron chi connectivity index (χ0n) is 19.0. The quantitative estimate of drug-likeness (QED) is 0.268. The lowest BCUT2D eigenvalue weighted by Crippen LogP contribution is -2.45. The summed E-state index contributed by atoms with van der Waals surface area (Å²) < 4.78 is 6.63. The molecule has 1 unspecified atom stereocenters. The minimum atomic E-state index is -0.827. The number of hydrogen-bond acceptors (Lipinski definition) is 7. The van der Waals surface area contributed by atoms with Crippen molar-refractivity contribution in [3.8, 4) is 0 Å². The molecule has 3 aromatic rings. The number of ether oxygens (including phenoxy) is 1. The predicted octanol–water partition coefficient (Wildman–Crippen LogP) is 3.49. The van der Waals surface area contributed by atoms with Crippen LogP contribution in [0.2, 0.25) is 0 Å². The smallest absolute Gasteiger partial charge is 0.338 e. The molecule has 11 nitrogen and oxygen atoms in total. The fourth-order valence-electron chi connectivity index (χ4n) is 4.04. The fourth-order valence-corrected chi connectivity index (χ4v) is 4.04. The Morgan fingerprint density at radius 2 is 1.97 bits per heavy atom. The molecule has 1 aliphatic rings. The Kier molecular flexibility index (Phi) is 6.49. The number of nitrogens with zero attached hydrogens (tertiary/aromatic N) is 2. The lowest BCUT2D eigenvalue weighted by Gasteiger charge is -2.27. The second kappa shape index (κ2) is 9.67. The van der Waals surface area contributed by atoms with Gasteiger partial charge in [-0.25, -0.2) is 9.59 Å². The number of esters is 1. The summed E-state index contributed by atoms with van der Waals surface area (Å²) in [6.45, 7) is 3.33. The third-order valence-corrected chi connectivity index (χ3v) is 5.59. The standard InChI is InChI=1S/C24H23N5O6/c1-3-35-23(31)21-14(2)26-24(32)27-22(21)18-13-28(19-10-5-4-9-17(18)19)20(30)12-25-15-7-6-8-16(11-15)29(33)34/h4-11,13,22,25H,3,12H2,1-2H3,(H2,26,27,32). The van der Waals surface area contributed by atoms with Crippen molar-refractivity contribution < 1.29 is 24.0 Å². The van der Waals surface area contributed by atoms with Crippen LogP contribution in [0.15, 0.2) is 66.0 Å². The summed E-state index contributed by atoms with van der Waals surface area (Å²) in [5, 5.41) is 20.0. The zero-order chi connectivity index (χ0) is 25.1. The molecule has 0 saturated heterocycles. The molecule has 180 valence electrons. The van der Waals surface area contributed by atoms with Crippen molar-refractivity contribution in [2.24, 2.45) is 0 Å². The largest absolute Gasteiger partial charge is 0.463 e. The molecule has 2 amide bonds. The number of carbonyl (C=O) groups is 3. The first kappa shape index (κ1) is 23.5. The van der Waals surface area contributed by atoms with E-state index in [-0.39, 0.29) is 30.3 Å². The van der Waals surface area contributed by atoms with Crippen LogP contribution < -0.4 is 16.0 Å². The number of nitro groups is 1. The number of nitrogens with one attached hydrogen (secondary N) is 3. The van der Waals surface area contributed by atoms with Gasteiger partial charge in [-0.05, 0) is 26.0 Å². The van der Waals surface area contributed by atoms with Crippen molar-refractivity contribution >= 4 is 40.2 Å². The first-order chi connectivity index (χ1) is 16.8. The molecule has 1 aromatic heterocycles. The normalized spacial score (nSPS) is 15.4. The van der Waals surface area contributed by atoms with Crippen LogP contribution in [0.25, 0.3) is 10.9 Å². The minimum absolute atomic E-state index is 0.0912. The number of carbonyl (C=O) groups excluding carboxylic acids is 3. The summed E-state index contributed by atoms with van der Waals surface area (Å²) >= 11 is 0. The van der Waals surface area contributed by atoms with Gasteiger partial charge >= 0.3 is 12.0 Å². The number of allylic oxidation sites excluding steroid dienone is 1. The maximum Gasteiger partial charge on any atom is 0.338 e. The Bertz CT molecular complexity index is 1380. The highest BCUT2D eigenvalue weighted by Crippen LogP contribution is 2.34. The topological polar surface area (TPSA) is 145 Å². The minimum Gasteiger partial charge on any atom is -0.463 e. The molecule has 35 heavy (non-hydrogen) atoms. The highest BCUT2D eigenvalue weighted by atomic mass is 16.6. The van der Waals surface area contributed by atoms with Crippen LogP contribution in [-0.2, 0) is 9.53 Å². The van der Waals surface area contributed by atoms with Gasteiger partial charge in [-0.15, -0.1) is 0 Å². The van der Waals surface area contributed by atoms with Crippen LogP contribution in [0.4, 0.5) is 16.2 Å². The molecule has 0 bridgehead atoms. The van der Waals surface area contributed by atoms with Gasteiger partial charge in [0.15, 0.2) is 0 Å². The van der Waals surface area contributed by atoms with Crippen molar-refractivity contribution in [1.29, 1.82) is 0 Å². The van der Waals surface area contributed by atoms with Crippen LogP contribution in [0.1, 0.15) is 30.2 Å². The lowest BCUT2D eigenvalue weighted by molar-refractivity contribution is -0.384. The van der Waals surface area contributed by atoms with Crippen molar-refractivity contribution in [2.45, 2.75) is 19.9 Å². The fraction of sp³-hybridized carbons (Fsp3) is 0.208. The molecule has 0 radical (unpaired) electrons.